The summed E-state index contributed by atoms with van der Waals surface area (Å²) in [5.74, 6) is 0.304. The van der Waals surface area contributed by atoms with Gasteiger partial charge in [-0.05, 0) is 26.2 Å². The molecule has 3 atom stereocenters. The molecule has 0 aromatic rings. The third-order valence-electron chi connectivity index (χ3n) is 4.63. The zero-order valence-electron chi connectivity index (χ0n) is 12.3. The highest BCUT2D eigenvalue weighted by Crippen LogP contribution is 2.67. The number of allylic oxidation sites excluding steroid dienone is 1. The molecule has 2 aliphatic carbocycles. The van der Waals surface area contributed by atoms with Crippen molar-refractivity contribution < 1.29 is 19.1 Å². The van der Waals surface area contributed by atoms with Crippen molar-refractivity contribution in [1.29, 1.82) is 0 Å². The average Bonchev–Trinajstić information content (AvgIpc) is 3.02. The van der Waals surface area contributed by atoms with Gasteiger partial charge in [-0.25, -0.2) is 19.6 Å². The molecule has 1 heterocycles. The third kappa shape index (κ3) is 1.71. The van der Waals surface area contributed by atoms with E-state index in [0.717, 1.165) is 6.42 Å². The van der Waals surface area contributed by atoms with E-state index in [9.17, 15) is 9.59 Å². The molecule has 1 saturated carbocycles. The molecular formula is C15H20N2O4. The molecule has 114 valence electrons. The number of hydrazine groups is 1. The van der Waals surface area contributed by atoms with Crippen LogP contribution in [-0.4, -0.2) is 47.5 Å². The molecule has 3 unspecified atom stereocenters. The standard InChI is InChI=1S/C15H20N2O4/c1-4-10-9-15(10)11-7-8-12(15)17(14(19)21-6-3)16(11)13(18)20-5-2/h4,7-8,10-12H,1,5-6,9H2,2-3H3. The third-order valence-corrected chi connectivity index (χ3v) is 4.63. The van der Waals surface area contributed by atoms with Crippen LogP contribution < -0.4 is 0 Å². The highest BCUT2D eigenvalue weighted by atomic mass is 16.6. The molecule has 3 aliphatic rings. The van der Waals surface area contributed by atoms with Crippen LogP contribution in [0.2, 0.25) is 0 Å². The van der Waals surface area contributed by atoms with Crippen molar-refractivity contribution in [2.24, 2.45) is 11.3 Å². The van der Waals surface area contributed by atoms with Gasteiger partial charge in [-0.15, -0.1) is 6.58 Å². The van der Waals surface area contributed by atoms with Gasteiger partial charge in [-0.2, -0.15) is 0 Å². The van der Waals surface area contributed by atoms with Gasteiger partial charge < -0.3 is 9.47 Å². The van der Waals surface area contributed by atoms with Gasteiger partial charge in [0.15, 0.2) is 0 Å². The molecule has 1 saturated heterocycles. The number of ether oxygens (including phenoxy) is 2. The average molecular weight is 292 g/mol. The van der Waals surface area contributed by atoms with Crippen LogP contribution in [0, 0.1) is 11.3 Å². The van der Waals surface area contributed by atoms with Gasteiger partial charge >= 0.3 is 12.2 Å². The van der Waals surface area contributed by atoms with Crippen LogP contribution in [0.4, 0.5) is 9.59 Å². The molecule has 6 nitrogen and oxygen atoms in total. The Morgan fingerprint density at radius 3 is 2.00 bits per heavy atom. The summed E-state index contributed by atoms with van der Waals surface area (Å²) in [6.45, 7) is 7.88. The largest absolute Gasteiger partial charge is 0.448 e. The maximum atomic E-state index is 12.3. The summed E-state index contributed by atoms with van der Waals surface area (Å²) in [5, 5.41) is 2.82. The molecule has 0 radical (unpaired) electrons. The molecule has 0 N–H and O–H groups in total. The number of carbonyl (C=O) groups is 2. The molecule has 6 heteroatoms. The Balaban J connectivity index is 1.93. The minimum atomic E-state index is -0.503. The predicted octanol–water partition coefficient (Wildman–Crippen LogP) is 2.33. The first kappa shape index (κ1) is 14.0. The summed E-state index contributed by atoms with van der Waals surface area (Å²) in [6, 6.07) is -0.317. The lowest BCUT2D eigenvalue weighted by atomic mass is 9.94. The number of amides is 2. The highest BCUT2D eigenvalue weighted by molar-refractivity contribution is 5.78. The lowest BCUT2D eigenvalue weighted by molar-refractivity contribution is -0.0130. The zero-order chi connectivity index (χ0) is 15.2. The van der Waals surface area contributed by atoms with Crippen molar-refractivity contribution in [3.63, 3.8) is 0 Å². The minimum Gasteiger partial charge on any atom is -0.448 e. The summed E-state index contributed by atoms with van der Waals surface area (Å²) in [5.41, 5.74) is -0.138. The zero-order valence-corrected chi connectivity index (χ0v) is 12.3. The van der Waals surface area contributed by atoms with Gasteiger partial charge in [0.1, 0.15) is 0 Å². The van der Waals surface area contributed by atoms with Gasteiger partial charge in [0, 0.05) is 5.41 Å². The predicted molar refractivity (Wildman–Crippen MR) is 75.2 cm³/mol. The number of nitrogens with zero attached hydrogens (tertiary/aromatic N) is 2. The van der Waals surface area contributed by atoms with Gasteiger partial charge in [0.2, 0.25) is 0 Å². The molecule has 0 aromatic heterocycles. The van der Waals surface area contributed by atoms with Gasteiger partial charge in [0.25, 0.3) is 0 Å². The number of carbonyl (C=O) groups excluding carboxylic acids is 2. The second-order valence-corrected chi connectivity index (χ2v) is 5.52. The maximum absolute atomic E-state index is 12.3. The fraction of sp³-hybridized carbons (Fsp3) is 0.600. The molecule has 3 rings (SSSR count). The first-order valence-electron chi connectivity index (χ1n) is 7.34. The van der Waals surface area contributed by atoms with E-state index in [1.54, 1.807) is 13.8 Å². The lowest BCUT2D eigenvalue weighted by Gasteiger charge is -2.33. The molecule has 0 aromatic carbocycles. The van der Waals surface area contributed by atoms with Crippen LogP contribution in [0.1, 0.15) is 20.3 Å². The van der Waals surface area contributed by atoms with E-state index in [4.69, 9.17) is 9.47 Å². The SMILES string of the molecule is C=CC1CC12C1C=CC2N(C(=O)OCC)N1C(=O)OCC. The van der Waals surface area contributed by atoms with Gasteiger partial charge in [-0.3, -0.25) is 0 Å². The van der Waals surface area contributed by atoms with Crippen molar-refractivity contribution in [3.8, 4) is 0 Å². The van der Waals surface area contributed by atoms with E-state index < -0.39 is 12.2 Å². The number of hydrogen-bond acceptors (Lipinski definition) is 4. The molecule has 2 bridgehead atoms. The molecular weight excluding hydrogens is 272 g/mol. The maximum Gasteiger partial charge on any atom is 0.429 e. The molecule has 1 spiro atoms. The quantitative estimate of drug-likeness (QED) is 0.749. The van der Waals surface area contributed by atoms with Crippen molar-refractivity contribution in [3.05, 3.63) is 24.8 Å². The van der Waals surface area contributed by atoms with E-state index in [2.05, 4.69) is 6.58 Å². The van der Waals surface area contributed by atoms with Crippen molar-refractivity contribution in [2.45, 2.75) is 32.4 Å². The molecule has 2 fully saturated rings. The Morgan fingerprint density at radius 2 is 1.67 bits per heavy atom. The van der Waals surface area contributed by atoms with Crippen molar-refractivity contribution >= 4 is 12.2 Å². The second-order valence-electron chi connectivity index (χ2n) is 5.52. The fourth-order valence-electron chi connectivity index (χ4n) is 3.72. The first-order chi connectivity index (χ1) is 10.1. The van der Waals surface area contributed by atoms with E-state index in [-0.39, 0.29) is 30.7 Å². The Labute approximate surface area is 123 Å². The summed E-state index contributed by atoms with van der Waals surface area (Å²) in [6.07, 6.45) is 5.80. The summed E-state index contributed by atoms with van der Waals surface area (Å²) in [4.78, 5) is 24.5. The molecule has 21 heavy (non-hydrogen) atoms. The summed E-state index contributed by atoms with van der Waals surface area (Å²) >= 11 is 0. The second kappa shape index (κ2) is 4.79. The lowest BCUT2D eigenvalue weighted by Crippen LogP contribution is -2.52. The van der Waals surface area contributed by atoms with Crippen LogP contribution >= 0.6 is 0 Å². The van der Waals surface area contributed by atoms with E-state index in [1.807, 2.05) is 18.2 Å². The van der Waals surface area contributed by atoms with Gasteiger partial charge in [-0.1, -0.05) is 18.2 Å². The van der Waals surface area contributed by atoms with Gasteiger partial charge in [0.05, 0.1) is 25.3 Å². The summed E-state index contributed by atoms with van der Waals surface area (Å²) < 4.78 is 10.2. The van der Waals surface area contributed by atoms with Crippen molar-refractivity contribution in [2.75, 3.05) is 13.2 Å². The van der Waals surface area contributed by atoms with Crippen LogP contribution in [0.25, 0.3) is 0 Å². The van der Waals surface area contributed by atoms with E-state index >= 15 is 0 Å². The Bertz CT molecular complexity index is 482. The Kier molecular flexibility index (Phi) is 3.19. The number of hydrogen-bond donors (Lipinski definition) is 0. The monoisotopic (exact) mass is 292 g/mol. The Morgan fingerprint density at radius 1 is 1.19 bits per heavy atom. The fourth-order valence-corrected chi connectivity index (χ4v) is 3.72. The van der Waals surface area contributed by atoms with Crippen LogP contribution in [0.3, 0.4) is 0 Å². The topological polar surface area (TPSA) is 59.1 Å². The normalized spacial score (nSPS) is 35.2. The minimum absolute atomic E-state index is 0.138. The highest BCUT2D eigenvalue weighted by Gasteiger charge is 2.73. The Hall–Kier alpha value is -1.98. The first-order valence-corrected chi connectivity index (χ1v) is 7.34. The molecule has 2 amide bonds. The number of rotatable bonds is 3. The van der Waals surface area contributed by atoms with Crippen LogP contribution in [-0.2, 0) is 9.47 Å². The van der Waals surface area contributed by atoms with Crippen molar-refractivity contribution in [1.82, 2.24) is 10.0 Å². The van der Waals surface area contributed by atoms with E-state index in [1.165, 1.54) is 10.0 Å². The summed E-state index contributed by atoms with van der Waals surface area (Å²) in [7, 11) is 0. The van der Waals surface area contributed by atoms with Crippen LogP contribution in [0.5, 0.6) is 0 Å². The molecule has 1 aliphatic heterocycles. The van der Waals surface area contributed by atoms with E-state index in [0.29, 0.717) is 5.92 Å². The smallest absolute Gasteiger partial charge is 0.429 e. The van der Waals surface area contributed by atoms with Crippen LogP contribution in [0.15, 0.2) is 24.8 Å².